The first-order chi connectivity index (χ1) is 8.91. The fourth-order valence-corrected chi connectivity index (χ4v) is 2.42. The van der Waals surface area contributed by atoms with Crippen LogP contribution in [-0.2, 0) is 0 Å². The summed E-state index contributed by atoms with van der Waals surface area (Å²) in [6.45, 7) is 4.36. The Balaban J connectivity index is 2.46. The van der Waals surface area contributed by atoms with Crippen LogP contribution < -0.4 is 5.73 Å². The topological polar surface area (TPSA) is 58.7 Å². The van der Waals surface area contributed by atoms with E-state index < -0.39 is 17.9 Å². The van der Waals surface area contributed by atoms with Gasteiger partial charge in [0.1, 0.15) is 17.7 Å². The SMILES string of the molecule is CC(C)CN1C(=O)N=C(N)C1c1c(F)cccc1Cl. The molecule has 0 saturated heterocycles. The van der Waals surface area contributed by atoms with Crippen molar-refractivity contribution in [1.29, 1.82) is 0 Å². The standard InChI is InChI=1S/C13H15ClFN3O/c1-7(2)6-18-11(12(16)17-13(18)19)10-8(14)4-3-5-9(10)15/h3-5,7,11H,6H2,1-2H3,(H2,16,17,19). The molecule has 0 fully saturated rings. The summed E-state index contributed by atoms with van der Waals surface area (Å²) in [6.07, 6.45) is 0. The Morgan fingerprint density at radius 3 is 2.79 bits per heavy atom. The predicted molar refractivity (Wildman–Crippen MR) is 72.7 cm³/mol. The molecule has 0 saturated carbocycles. The number of nitrogens with zero attached hydrogens (tertiary/aromatic N) is 2. The summed E-state index contributed by atoms with van der Waals surface area (Å²) >= 11 is 6.04. The Morgan fingerprint density at radius 1 is 1.53 bits per heavy atom. The largest absolute Gasteiger partial charge is 0.385 e. The summed E-state index contributed by atoms with van der Waals surface area (Å²) in [7, 11) is 0. The first-order valence-electron chi connectivity index (χ1n) is 6.00. The van der Waals surface area contributed by atoms with E-state index in [1.807, 2.05) is 13.8 Å². The number of carbonyl (C=O) groups is 1. The second-order valence-corrected chi connectivity index (χ2v) is 5.31. The molecule has 0 aromatic heterocycles. The fraction of sp³-hybridized carbons (Fsp3) is 0.385. The molecule has 6 heteroatoms. The Bertz CT molecular complexity index is 524. The molecule has 0 aliphatic carbocycles. The summed E-state index contributed by atoms with van der Waals surface area (Å²) < 4.78 is 14.0. The molecule has 1 aromatic rings. The third-order valence-corrected chi connectivity index (χ3v) is 3.23. The highest BCUT2D eigenvalue weighted by molar-refractivity contribution is 6.31. The first-order valence-corrected chi connectivity index (χ1v) is 6.38. The second-order valence-electron chi connectivity index (χ2n) is 4.90. The minimum Gasteiger partial charge on any atom is -0.385 e. The predicted octanol–water partition coefficient (Wildman–Crippen LogP) is 2.97. The van der Waals surface area contributed by atoms with Crippen LogP contribution in [0.2, 0.25) is 5.02 Å². The van der Waals surface area contributed by atoms with Gasteiger partial charge in [-0.25, -0.2) is 9.18 Å². The zero-order valence-corrected chi connectivity index (χ0v) is 11.5. The lowest BCUT2D eigenvalue weighted by molar-refractivity contribution is 0.198. The average Bonchev–Trinajstić information content (AvgIpc) is 2.55. The molecule has 4 nitrogen and oxygen atoms in total. The minimum absolute atomic E-state index is 0.0812. The average molecular weight is 284 g/mol. The van der Waals surface area contributed by atoms with Gasteiger partial charge in [-0.1, -0.05) is 31.5 Å². The van der Waals surface area contributed by atoms with Crippen molar-refractivity contribution in [2.24, 2.45) is 16.6 Å². The highest BCUT2D eigenvalue weighted by atomic mass is 35.5. The maximum Gasteiger partial charge on any atom is 0.346 e. The van der Waals surface area contributed by atoms with E-state index in [0.717, 1.165) is 0 Å². The van der Waals surface area contributed by atoms with Gasteiger partial charge in [0.15, 0.2) is 0 Å². The van der Waals surface area contributed by atoms with Crippen LogP contribution in [0.25, 0.3) is 0 Å². The van der Waals surface area contributed by atoms with Gasteiger partial charge in [-0.3, -0.25) is 0 Å². The van der Waals surface area contributed by atoms with Crippen molar-refractivity contribution in [1.82, 2.24) is 4.90 Å². The van der Waals surface area contributed by atoms with E-state index in [-0.39, 0.29) is 22.3 Å². The number of aliphatic imine (C=N–C) groups is 1. The lowest BCUT2D eigenvalue weighted by Crippen LogP contribution is -2.36. The monoisotopic (exact) mass is 283 g/mol. The number of hydrogen-bond donors (Lipinski definition) is 1. The van der Waals surface area contributed by atoms with Crippen LogP contribution in [-0.4, -0.2) is 23.3 Å². The molecule has 0 bridgehead atoms. The van der Waals surface area contributed by atoms with Gasteiger partial charge in [0.25, 0.3) is 0 Å². The minimum atomic E-state index is -0.719. The molecular formula is C13H15ClFN3O. The van der Waals surface area contributed by atoms with Gasteiger partial charge < -0.3 is 10.6 Å². The van der Waals surface area contributed by atoms with Gasteiger partial charge in [-0.2, -0.15) is 4.99 Å². The summed E-state index contributed by atoms with van der Waals surface area (Å²) in [4.78, 5) is 17.0. The van der Waals surface area contributed by atoms with Gasteiger partial charge in [0.2, 0.25) is 0 Å². The van der Waals surface area contributed by atoms with E-state index in [9.17, 15) is 9.18 Å². The normalized spacial score (nSPS) is 19.2. The number of amides is 2. The molecule has 2 amide bonds. The van der Waals surface area contributed by atoms with E-state index in [4.69, 9.17) is 17.3 Å². The van der Waals surface area contributed by atoms with E-state index in [1.54, 1.807) is 6.07 Å². The smallest absolute Gasteiger partial charge is 0.346 e. The lowest BCUT2D eigenvalue weighted by Gasteiger charge is -2.27. The van der Waals surface area contributed by atoms with Crippen molar-refractivity contribution in [3.63, 3.8) is 0 Å². The summed E-state index contributed by atoms with van der Waals surface area (Å²) in [5.41, 5.74) is 5.97. The molecular weight excluding hydrogens is 269 g/mol. The number of benzene rings is 1. The highest BCUT2D eigenvalue weighted by Crippen LogP contribution is 2.34. The quantitative estimate of drug-likeness (QED) is 0.927. The lowest BCUT2D eigenvalue weighted by atomic mass is 10.0. The van der Waals surface area contributed by atoms with Crippen molar-refractivity contribution < 1.29 is 9.18 Å². The summed E-state index contributed by atoms with van der Waals surface area (Å²) in [5.74, 6) is -0.185. The second kappa shape index (κ2) is 5.17. The molecule has 1 aliphatic rings. The van der Waals surface area contributed by atoms with Crippen LogP contribution >= 0.6 is 11.6 Å². The zero-order chi connectivity index (χ0) is 14.2. The molecule has 1 heterocycles. The molecule has 1 aromatic carbocycles. The number of rotatable bonds is 3. The Morgan fingerprint density at radius 2 is 2.21 bits per heavy atom. The van der Waals surface area contributed by atoms with Crippen LogP contribution in [0, 0.1) is 11.7 Å². The van der Waals surface area contributed by atoms with Crippen LogP contribution in [0.5, 0.6) is 0 Å². The molecule has 1 aliphatic heterocycles. The number of halogens is 2. The van der Waals surface area contributed by atoms with Crippen molar-refractivity contribution >= 4 is 23.5 Å². The molecule has 102 valence electrons. The zero-order valence-electron chi connectivity index (χ0n) is 10.7. The molecule has 2 N–H and O–H groups in total. The van der Waals surface area contributed by atoms with Crippen LogP contribution in [0.4, 0.5) is 9.18 Å². The number of carbonyl (C=O) groups excluding carboxylic acids is 1. The molecule has 2 rings (SSSR count). The van der Waals surface area contributed by atoms with E-state index in [2.05, 4.69) is 4.99 Å². The van der Waals surface area contributed by atoms with Crippen LogP contribution in [0.1, 0.15) is 25.5 Å². The Hall–Kier alpha value is -1.62. The number of urea groups is 1. The third-order valence-electron chi connectivity index (χ3n) is 2.90. The third kappa shape index (κ3) is 2.56. The Kier molecular flexibility index (Phi) is 3.75. The summed E-state index contributed by atoms with van der Waals surface area (Å²) in [6, 6.07) is 3.21. The van der Waals surface area contributed by atoms with E-state index >= 15 is 0 Å². The molecule has 1 unspecified atom stereocenters. The van der Waals surface area contributed by atoms with E-state index in [0.29, 0.717) is 6.54 Å². The summed E-state index contributed by atoms with van der Waals surface area (Å²) in [5, 5.41) is 0.242. The maximum absolute atomic E-state index is 14.0. The molecule has 19 heavy (non-hydrogen) atoms. The van der Waals surface area contributed by atoms with Gasteiger partial charge in [0, 0.05) is 17.1 Å². The van der Waals surface area contributed by atoms with Crippen molar-refractivity contribution in [3.05, 3.63) is 34.6 Å². The van der Waals surface area contributed by atoms with Gasteiger partial charge in [0.05, 0.1) is 0 Å². The number of hydrogen-bond acceptors (Lipinski definition) is 2. The van der Waals surface area contributed by atoms with Crippen molar-refractivity contribution in [3.8, 4) is 0 Å². The fourth-order valence-electron chi connectivity index (χ4n) is 2.16. The van der Waals surface area contributed by atoms with E-state index in [1.165, 1.54) is 17.0 Å². The van der Waals surface area contributed by atoms with Gasteiger partial charge >= 0.3 is 6.03 Å². The van der Waals surface area contributed by atoms with Gasteiger partial charge in [-0.05, 0) is 18.1 Å². The van der Waals surface area contributed by atoms with Crippen LogP contribution in [0.15, 0.2) is 23.2 Å². The molecule has 1 atom stereocenters. The van der Waals surface area contributed by atoms with Crippen molar-refractivity contribution in [2.45, 2.75) is 19.9 Å². The highest BCUT2D eigenvalue weighted by Gasteiger charge is 2.37. The van der Waals surface area contributed by atoms with Crippen molar-refractivity contribution in [2.75, 3.05) is 6.54 Å². The number of amidine groups is 1. The number of nitrogens with two attached hydrogens (primary N) is 1. The first kappa shape index (κ1) is 13.8. The molecule has 0 spiro atoms. The van der Waals surface area contributed by atoms with Gasteiger partial charge in [-0.15, -0.1) is 0 Å². The van der Waals surface area contributed by atoms with Crippen LogP contribution in [0.3, 0.4) is 0 Å². The maximum atomic E-state index is 14.0. The molecule has 0 radical (unpaired) electrons. The Labute approximate surface area is 116 Å².